The zero-order valence-corrected chi connectivity index (χ0v) is 8.93. The minimum absolute atomic E-state index is 0.133. The van der Waals surface area contributed by atoms with Crippen LogP contribution in [0.2, 0.25) is 0 Å². The van der Waals surface area contributed by atoms with Gasteiger partial charge < -0.3 is 5.73 Å². The third-order valence-corrected chi connectivity index (χ3v) is 3.69. The molecule has 0 aromatic rings. The van der Waals surface area contributed by atoms with Crippen LogP contribution in [0.3, 0.4) is 0 Å². The number of nitrogens with two attached hydrogens (primary N) is 1. The molecule has 1 aliphatic carbocycles. The van der Waals surface area contributed by atoms with E-state index in [1.54, 1.807) is 0 Å². The molecule has 2 atom stereocenters. The molecule has 1 aliphatic rings. The van der Waals surface area contributed by atoms with Crippen LogP contribution < -0.4 is 5.73 Å². The molecule has 1 rings (SSSR count). The molecule has 2 unspecified atom stereocenters. The maximum atomic E-state index is 6.45. The smallest absolute Gasteiger partial charge is 0.0208 e. The fourth-order valence-electron chi connectivity index (χ4n) is 2.75. The van der Waals surface area contributed by atoms with Crippen molar-refractivity contribution in [2.24, 2.45) is 23.5 Å². The Bertz CT molecular complexity index is 151. The zero-order valence-electron chi connectivity index (χ0n) is 8.93. The van der Waals surface area contributed by atoms with Gasteiger partial charge in [-0.25, -0.2) is 0 Å². The highest BCUT2D eigenvalue weighted by Gasteiger charge is 2.42. The first-order valence-corrected chi connectivity index (χ1v) is 5.27. The van der Waals surface area contributed by atoms with Crippen LogP contribution in [0.15, 0.2) is 0 Å². The highest BCUT2D eigenvalue weighted by Crippen LogP contribution is 2.42. The third-order valence-electron chi connectivity index (χ3n) is 3.69. The molecule has 72 valence electrons. The Labute approximate surface area is 76.7 Å². The summed E-state index contributed by atoms with van der Waals surface area (Å²) in [4.78, 5) is 0. The molecule has 1 fully saturated rings. The first-order chi connectivity index (χ1) is 5.48. The van der Waals surface area contributed by atoms with Crippen LogP contribution in [-0.4, -0.2) is 5.54 Å². The van der Waals surface area contributed by atoms with E-state index < -0.39 is 0 Å². The average molecular weight is 169 g/mol. The molecule has 1 nitrogen and oxygen atoms in total. The lowest BCUT2D eigenvalue weighted by atomic mass is 9.73. The predicted octanol–water partition coefficient (Wildman–Crippen LogP) is 2.80. The lowest BCUT2D eigenvalue weighted by Gasteiger charge is -2.37. The van der Waals surface area contributed by atoms with Gasteiger partial charge in [0.1, 0.15) is 0 Å². The molecule has 1 heteroatoms. The summed E-state index contributed by atoms with van der Waals surface area (Å²) in [6.07, 6.45) is 3.90. The predicted molar refractivity (Wildman–Crippen MR) is 53.9 cm³/mol. The monoisotopic (exact) mass is 169 g/mol. The summed E-state index contributed by atoms with van der Waals surface area (Å²) in [5.74, 6) is 2.13. The van der Waals surface area contributed by atoms with E-state index in [4.69, 9.17) is 5.73 Å². The van der Waals surface area contributed by atoms with Crippen LogP contribution in [0, 0.1) is 17.8 Å². The molecule has 0 saturated heterocycles. The van der Waals surface area contributed by atoms with Crippen molar-refractivity contribution >= 4 is 0 Å². The Morgan fingerprint density at radius 3 is 2.17 bits per heavy atom. The summed E-state index contributed by atoms with van der Waals surface area (Å²) in [6.45, 7) is 9.14. The van der Waals surface area contributed by atoms with Gasteiger partial charge in [0.05, 0.1) is 0 Å². The van der Waals surface area contributed by atoms with Gasteiger partial charge in [-0.05, 0) is 30.6 Å². The van der Waals surface area contributed by atoms with E-state index in [0.717, 1.165) is 11.8 Å². The van der Waals surface area contributed by atoms with E-state index in [9.17, 15) is 0 Å². The summed E-state index contributed by atoms with van der Waals surface area (Å²) in [7, 11) is 0. The minimum Gasteiger partial charge on any atom is -0.325 e. The van der Waals surface area contributed by atoms with Crippen molar-refractivity contribution in [2.45, 2.75) is 52.5 Å². The maximum Gasteiger partial charge on any atom is 0.0208 e. The number of hydrogen-bond acceptors (Lipinski definition) is 1. The summed E-state index contributed by atoms with van der Waals surface area (Å²) < 4.78 is 0. The maximum absolute atomic E-state index is 6.45. The molecule has 0 aliphatic heterocycles. The second-order valence-electron chi connectivity index (χ2n) is 5.01. The van der Waals surface area contributed by atoms with Crippen molar-refractivity contribution in [3.05, 3.63) is 0 Å². The lowest BCUT2D eigenvalue weighted by Crippen LogP contribution is -2.49. The van der Waals surface area contributed by atoms with E-state index in [1.165, 1.54) is 19.3 Å². The summed E-state index contributed by atoms with van der Waals surface area (Å²) in [5, 5.41) is 0. The summed E-state index contributed by atoms with van der Waals surface area (Å²) in [6, 6.07) is 0. The van der Waals surface area contributed by atoms with Crippen molar-refractivity contribution in [3.63, 3.8) is 0 Å². The van der Waals surface area contributed by atoms with Gasteiger partial charge in [-0.15, -0.1) is 0 Å². The highest BCUT2D eigenvalue weighted by molar-refractivity contribution is 4.99. The quantitative estimate of drug-likeness (QED) is 0.676. The SMILES string of the molecule is CC(C)C1CCCC1(N)C(C)C. The number of rotatable bonds is 2. The van der Waals surface area contributed by atoms with Gasteiger partial charge in [0.15, 0.2) is 0 Å². The van der Waals surface area contributed by atoms with Crippen LogP contribution in [0.1, 0.15) is 47.0 Å². The fourth-order valence-corrected chi connectivity index (χ4v) is 2.75. The van der Waals surface area contributed by atoms with E-state index in [0.29, 0.717) is 5.92 Å². The normalized spacial score (nSPS) is 36.8. The topological polar surface area (TPSA) is 26.0 Å². The van der Waals surface area contributed by atoms with E-state index in [-0.39, 0.29) is 5.54 Å². The molecule has 0 aromatic carbocycles. The molecule has 0 radical (unpaired) electrons. The van der Waals surface area contributed by atoms with Crippen molar-refractivity contribution < 1.29 is 0 Å². The highest BCUT2D eigenvalue weighted by atomic mass is 14.8. The Morgan fingerprint density at radius 2 is 1.83 bits per heavy atom. The fraction of sp³-hybridized carbons (Fsp3) is 1.00. The Balaban J connectivity index is 2.74. The summed E-state index contributed by atoms with van der Waals surface area (Å²) >= 11 is 0. The molecule has 1 saturated carbocycles. The first kappa shape index (κ1) is 10.0. The van der Waals surface area contributed by atoms with Gasteiger partial charge in [-0.1, -0.05) is 34.1 Å². The Hall–Kier alpha value is -0.0400. The minimum atomic E-state index is 0.133. The van der Waals surface area contributed by atoms with Crippen LogP contribution in [0.25, 0.3) is 0 Å². The van der Waals surface area contributed by atoms with Gasteiger partial charge in [-0.3, -0.25) is 0 Å². The van der Waals surface area contributed by atoms with E-state index in [2.05, 4.69) is 27.7 Å². The molecule has 0 aromatic heterocycles. The van der Waals surface area contributed by atoms with E-state index in [1.807, 2.05) is 0 Å². The first-order valence-electron chi connectivity index (χ1n) is 5.27. The van der Waals surface area contributed by atoms with Crippen molar-refractivity contribution in [3.8, 4) is 0 Å². The second kappa shape index (κ2) is 3.37. The zero-order chi connectivity index (χ0) is 9.35. The Kier molecular flexibility index (Phi) is 2.82. The van der Waals surface area contributed by atoms with Gasteiger partial charge in [0.25, 0.3) is 0 Å². The van der Waals surface area contributed by atoms with Gasteiger partial charge in [0, 0.05) is 5.54 Å². The molecule has 0 heterocycles. The molecule has 0 bridgehead atoms. The Morgan fingerprint density at radius 1 is 1.25 bits per heavy atom. The third kappa shape index (κ3) is 1.52. The molecule has 0 amide bonds. The second-order valence-corrected chi connectivity index (χ2v) is 5.01. The van der Waals surface area contributed by atoms with Crippen LogP contribution >= 0.6 is 0 Å². The standard InChI is InChI=1S/C11H23N/c1-8(2)10-6-5-7-11(10,12)9(3)4/h8-10H,5-7,12H2,1-4H3. The lowest BCUT2D eigenvalue weighted by molar-refractivity contribution is 0.185. The van der Waals surface area contributed by atoms with E-state index >= 15 is 0 Å². The molecule has 12 heavy (non-hydrogen) atoms. The number of hydrogen-bond donors (Lipinski definition) is 1. The van der Waals surface area contributed by atoms with Crippen molar-refractivity contribution in [2.75, 3.05) is 0 Å². The van der Waals surface area contributed by atoms with Crippen LogP contribution in [-0.2, 0) is 0 Å². The average Bonchev–Trinajstić information content (AvgIpc) is 2.32. The van der Waals surface area contributed by atoms with Crippen LogP contribution in [0.5, 0.6) is 0 Å². The van der Waals surface area contributed by atoms with Gasteiger partial charge in [0.2, 0.25) is 0 Å². The molecule has 2 N–H and O–H groups in total. The van der Waals surface area contributed by atoms with Gasteiger partial charge in [-0.2, -0.15) is 0 Å². The molecule has 0 spiro atoms. The largest absolute Gasteiger partial charge is 0.325 e. The van der Waals surface area contributed by atoms with Crippen molar-refractivity contribution in [1.82, 2.24) is 0 Å². The van der Waals surface area contributed by atoms with Gasteiger partial charge >= 0.3 is 0 Å². The molecular weight excluding hydrogens is 146 g/mol. The van der Waals surface area contributed by atoms with Crippen LogP contribution in [0.4, 0.5) is 0 Å². The summed E-state index contributed by atoms with van der Waals surface area (Å²) in [5.41, 5.74) is 6.58. The van der Waals surface area contributed by atoms with Crippen molar-refractivity contribution in [1.29, 1.82) is 0 Å². The molecular formula is C11H23N.